The molecule has 4 amide bonds. The molecule has 0 saturated heterocycles. The molecular weight excluding hydrogens is 404 g/mol. The molecule has 2 rings (SSSR count). The molecule has 0 saturated carbocycles. The summed E-state index contributed by atoms with van der Waals surface area (Å²) in [6.45, 7) is 2.60. The minimum atomic E-state index is -0.112. The van der Waals surface area contributed by atoms with E-state index in [0.29, 0.717) is 26.2 Å². The van der Waals surface area contributed by atoms with E-state index in [9.17, 15) is 9.59 Å². The van der Waals surface area contributed by atoms with E-state index in [1.165, 1.54) is 0 Å². The van der Waals surface area contributed by atoms with Crippen molar-refractivity contribution in [3.63, 3.8) is 0 Å². The number of unbranched alkanes of at least 4 members (excludes halogenated alkanes) is 5. The lowest BCUT2D eigenvalue weighted by Crippen LogP contribution is -2.37. The quantitative estimate of drug-likeness (QED) is 0.319. The maximum Gasteiger partial charge on any atom is 0.314 e. The van der Waals surface area contributed by atoms with Gasteiger partial charge in [0.25, 0.3) is 0 Å². The molecule has 0 radical (unpaired) electrons. The molecule has 8 heteroatoms. The highest BCUT2D eigenvalue weighted by molar-refractivity contribution is 5.74. The SMILES string of the molecule is O=C(NCCCCCCCCNC(=O)NCCc1cccnc1)NCCc1cccnc1. The van der Waals surface area contributed by atoms with Gasteiger partial charge in [-0.2, -0.15) is 0 Å². The summed E-state index contributed by atoms with van der Waals surface area (Å²) < 4.78 is 0. The molecule has 0 fully saturated rings. The van der Waals surface area contributed by atoms with Gasteiger partial charge in [0.2, 0.25) is 0 Å². The number of nitrogens with zero attached hydrogens (tertiary/aromatic N) is 2. The van der Waals surface area contributed by atoms with Crippen molar-refractivity contribution < 1.29 is 9.59 Å². The summed E-state index contributed by atoms with van der Waals surface area (Å²) in [7, 11) is 0. The van der Waals surface area contributed by atoms with E-state index >= 15 is 0 Å². The molecule has 0 bridgehead atoms. The number of rotatable bonds is 15. The molecule has 0 unspecified atom stereocenters. The van der Waals surface area contributed by atoms with Gasteiger partial charge in [0.05, 0.1) is 0 Å². The number of hydrogen-bond acceptors (Lipinski definition) is 4. The smallest absolute Gasteiger partial charge is 0.314 e. The molecule has 2 heterocycles. The third-order valence-corrected chi connectivity index (χ3v) is 5.02. The van der Waals surface area contributed by atoms with Gasteiger partial charge >= 0.3 is 12.1 Å². The molecule has 0 aromatic carbocycles. The number of aromatic nitrogens is 2. The van der Waals surface area contributed by atoms with Crippen LogP contribution >= 0.6 is 0 Å². The fraction of sp³-hybridized carbons (Fsp3) is 0.500. The van der Waals surface area contributed by atoms with Crippen LogP contribution in [0.1, 0.15) is 49.7 Å². The Balaban J connectivity index is 1.32. The Morgan fingerprint density at radius 2 is 1.00 bits per heavy atom. The van der Waals surface area contributed by atoms with E-state index in [2.05, 4.69) is 31.2 Å². The highest BCUT2D eigenvalue weighted by atomic mass is 16.2. The van der Waals surface area contributed by atoms with Gasteiger partial charge in [0.1, 0.15) is 0 Å². The van der Waals surface area contributed by atoms with Crippen LogP contribution in [0.25, 0.3) is 0 Å². The minimum absolute atomic E-state index is 0.112. The number of pyridine rings is 2. The van der Waals surface area contributed by atoms with E-state index in [1.54, 1.807) is 12.4 Å². The molecule has 2 aromatic heterocycles. The van der Waals surface area contributed by atoms with Gasteiger partial charge in [-0.1, -0.05) is 37.8 Å². The summed E-state index contributed by atoms with van der Waals surface area (Å²) in [5.74, 6) is 0. The van der Waals surface area contributed by atoms with Crippen molar-refractivity contribution in [2.75, 3.05) is 26.2 Å². The molecule has 0 aliphatic carbocycles. The first-order valence-electron chi connectivity index (χ1n) is 11.6. The standard InChI is InChI=1S/C24H36N6O2/c31-23(29-17-11-21-9-7-13-25-19-21)27-15-5-3-1-2-4-6-16-28-24(32)30-18-12-22-10-8-14-26-20-22/h7-10,13-14,19-20H,1-6,11-12,15-18H2,(H2,27,29,31)(H2,28,30,32). The molecular formula is C24H36N6O2. The van der Waals surface area contributed by atoms with Gasteiger partial charge in [-0.05, 0) is 48.9 Å². The van der Waals surface area contributed by atoms with Crippen molar-refractivity contribution in [1.29, 1.82) is 0 Å². The van der Waals surface area contributed by atoms with E-state index in [4.69, 9.17) is 0 Å². The summed E-state index contributed by atoms with van der Waals surface area (Å²) in [5.41, 5.74) is 2.23. The second-order valence-corrected chi connectivity index (χ2v) is 7.71. The predicted octanol–water partition coefficient (Wildman–Crippen LogP) is 3.20. The molecule has 0 aliphatic heterocycles. The van der Waals surface area contributed by atoms with Gasteiger partial charge in [-0.15, -0.1) is 0 Å². The maximum absolute atomic E-state index is 11.8. The number of hydrogen-bond donors (Lipinski definition) is 4. The Labute approximate surface area is 191 Å². The van der Waals surface area contributed by atoms with Crippen LogP contribution in [-0.4, -0.2) is 48.2 Å². The van der Waals surface area contributed by atoms with E-state index in [0.717, 1.165) is 62.5 Å². The number of nitrogens with one attached hydrogen (secondary N) is 4. The van der Waals surface area contributed by atoms with Crippen LogP contribution in [-0.2, 0) is 12.8 Å². The maximum atomic E-state index is 11.8. The number of carbonyl (C=O) groups excluding carboxylic acids is 2. The van der Waals surface area contributed by atoms with E-state index in [1.807, 2.05) is 36.7 Å². The monoisotopic (exact) mass is 440 g/mol. The molecule has 4 N–H and O–H groups in total. The Bertz CT molecular complexity index is 692. The first-order valence-corrected chi connectivity index (χ1v) is 11.6. The largest absolute Gasteiger partial charge is 0.338 e. The van der Waals surface area contributed by atoms with Crippen molar-refractivity contribution in [2.45, 2.75) is 51.4 Å². The van der Waals surface area contributed by atoms with Crippen LogP contribution < -0.4 is 21.3 Å². The molecule has 2 aromatic rings. The van der Waals surface area contributed by atoms with Crippen molar-refractivity contribution >= 4 is 12.1 Å². The van der Waals surface area contributed by atoms with Crippen LogP contribution in [0.4, 0.5) is 9.59 Å². The number of amides is 4. The molecule has 174 valence electrons. The summed E-state index contributed by atoms with van der Waals surface area (Å²) in [5, 5.41) is 11.5. The van der Waals surface area contributed by atoms with Crippen LogP contribution in [0.3, 0.4) is 0 Å². The lowest BCUT2D eigenvalue weighted by atomic mass is 10.1. The Kier molecular flexibility index (Phi) is 13.0. The van der Waals surface area contributed by atoms with E-state index in [-0.39, 0.29) is 12.1 Å². The molecule has 8 nitrogen and oxygen atoms in total. The zero-order valence-electron chi connectivity index (χ0n) is 18.8. The average molecular weight is 441 g/mol. The zero-order chi connectivity index (χ0) is 22.7. The highest BCUT2D eigenvalue weighted by Crippen LogP contribution is 2.04. The predicted molar refractivity (Wildman–Crippen MR) is 126 cm³/mol. The van der Waals surface area contributed by atoms with Crippen molar-refractivity contribution in [3.05, 3.63) is 60.2 Å². The average Bonchev–Trinajstić information content (AvgIpc) is 2.81. The van der Waals surface area contributed by atoms with Gasteiger partial charge in [0.15, 0.2) is 0 Å². The lowest BCUT2D eigenvalue weighted by Gasteiger charge is -2.08. The lowest BCUT2D eigenvalue weighted by molar-refractivity contribution is 0.239. The van der Waals surface area contributed by atoms with Crippen LogP contribution in [0, 0.1) is 0 Å². The molecule has 32 heavy (non-hydrogen) atoms. The molecule has 0 aliphatic rings. The molecule has 0 atom stereocenters. The first-order chi connectivity index (χ1) is 15.7. The van der Waals surface area contributed by atoms with Gasteiger partial charge < -0.3 is 21.3 Å². The van der Waals surface area contributed by atoms with Crippen LogP contribution in [0.15, 0.2) is 49.1 Å². The van der Waals surface area contributed by atoms with Crippen LogP contribution in [0.5, 0.6) is 0 Å². The van der Waals surface area contributed by atoms with Crippen molar-refractivity contribution in [3.8, 4) is 0 Å². The third-order valence-electron chi connectivity index (χ3n) is 5.02. The highest BCUT2D eigenvalue weighted by Gasteiger charge is 2.01. The first kappa shape index (κ1) is 25.1. The van der Waals surface area contributed by atoms with Crippen LogP contribution in [0.2, 0.25) is 0 Å². The molecule has 0 spiro atoms. The van der Waals surface area contributed by atoms with Gasteiger partial charge in [-0.25, -0.2) is 9.59 Å². The Morgan fingerprint density at radius 3 is 1.41 bits per heavy atom. The normalized spacial score (nSPS) is 10.4. The summed E-state index contributed by atoms with van der Waals surface area (Å²) in [4.78, 5) is 31.6. The van der Waals surface area contributed by atoms with E-state index < -0.39 is 0 Å². The summed E-state index contributed by atoms with van der Waals surface area (Å²) >= 11 is 0. The fourth-order valence-corrected chi connectivity index (χ4v) is 3.22. The summed E-state index contributed by atoms with van der Waals surface area (Å²) in [6.07, 6.45) is 15.1. The number of carbonyl (C=O) groups is 2. The van der Waals surface area contributed by atoms with Crippen molar-refractivity contribution in [2.24, 2.45) is 0 Å². The number of urea groups is 2. The zero-order valence-corrected chi connectivity index (χ0v) is 18.8. The fourth-order valence-electron chi connectivity index (χ4n) is 3.22. The Hall–Kier alpha value is -3.16. The second kappa shape index (κ2) is 16.5. The van der Waals surface area contributed by atoms with Gasteiger partial charge in [-0.3, -0.25) is 9.97 Å². The minimum Gasteiger partial charge on any atom is -0.338 e. The second-order valence-electron chi connectivity index (χ2n) is 7.71. The van der Waals surface area contributed by atoms with Gasteiger partial charge in [0, 0.05) is 51.0 Å². The summed E-state index contributed by atoms with van der Waals surface area (Å²) in [6, 6.07) is 7.58. The van der Waals surface area contributed by atoms with Crippen molar-refractivity contribution in [1.82, 2.24) is 31.2 Å². The topological polar surface area (TPSA) is 108 Å². The Morgan fingerprint density at radius 1 is 0.594 bits per heavy atom. The third kappa shape index (κ3) is 12.5.